The number of ether oxygens (including phenoxy) is 2. The summed E-state index contributed by atoms with van der Waals surface area (Å²) in [5.74, 6) is 0. The Kier molecular flexibility index (Phi) is 9.39. The van der Waals surface area contributed by atoms with Gasteiger partial charge < -0.3 is 14.3 Å². The minimum Gasteiger partial charge on any atom is -0.378 e. The van der Waals surface area contributed by atoms with E-state index in [4.69, 9.17) is 9.47 Å². The summed E-state index contributed by atoms with van der Waals surface area (Å²) in [6, 6.07) is 0. The largest absolute Gasteiger partial charge is 0.378 e. The smallest absolute Gasteiger partial charge is 0.294 e. The zero-order valence-electron chi connectivity index (χ0n) is 7.11. The van der Waals surface area contributed by atoms with E-state index >= 15 is 0 Å². The quantitative estimate of drug-likeness (QED) is 0.262. The molecule has 0 aliphatic heterocycles. The first-order chi connectivity index (χ1) is 6.27. The summed E-state index contributed by atoms with van der Waals surface area (Å²) >= 11 is 3.20. The first-order valence-electron chi connectivity index (χ1n) is 3.76. The van der Waals surface area contributed by atoms with Crippen LogP contribution in [0, 0.1) is 10.1 Å². The van der Waals surface area contributed by atoms with Crippen LogP contribution in [0.4, 0.5) is 0 Å². The van der Waals surface area contributed by atoms with Crippen molar-refractivity contribution in [3.05, 3.63) is 10.1 Å². The average Bonchev–Trinajstić information content (AvgIpc) is 2.09. The topological polar surface area (TPSA) is 70.8 Å². The van der Waals surface area contributed by atoms with Crippen molar-refractivity contribution in [1.82, 2.24) is 0 Å². The monoisotopic (exact) mass is 257 g/mol. The van der Waals surface area contributed by atoms with Crippen LogP contribution < -0.4 is 0 Å². The Bertz CT molecular complexity index is 134. The third-order valence-electron chi connectivity index (χ3n) is 1.02. The summed E-state index contributed by atoms with van der Waals surface area (Å²) in [6.45, 7) is 1.72. The molecule has 78 valence electrons. The van der Waals surface area contributed by atoms with Gasteiger partial charge in [-0.1, -0.05) is 15.9 Å². The van der Waals surface area contributed by atoms with Crippen LogP contribution in [0.2, 0.25) is 0 Å². The second kappa shape index (κ2) is 9.69. The summed E-state index contributed by atoms with van der Waals surface area (Å²) in [5, 5.41) is 9.62. The van der Waals surface area contributed by atoms with E-state index < -0.39 is 5.09 Å². The van der Waals surface area contributed by atoms with Crippen molar-refractivity contribution in [1.29, 1.82) is 0 Å². The van der Waals surface area contributed by atoms with Gasteiger partial charge in [-0.25, -0.2) is 0 Å². The number of alkyl halides is 1. The van der Waals surface area contributed by atoms with Crippen molar-refractivity contribution < 1.29 is 19.4 Å². The SMILES string of the molecule is O=[N+]([O-])OCCOCCOCCBr. The molecule has 0 rings (SSSR count). The number of hydrogen-bond donors (Lipinski definition) is 0. The molecule has 0 amide bonds. The lowest BCUT2D eigenvalue weighted by Gasteiger charge is -2.03. The lowest BCUT2D eigenvalue weighted by molar-refractivity contribution is -0.758. The first kappa shape index (κ1) is 12.6. The van der Waals surface area contributed by atoms with Gasteiger partial charge >= 0.3 is 0 Å². The standard InChI is InChI=1S/C6H12BrNO5/c7-1-2-11-3-4-12-5-6-13-8(9)10/h1-6H2. The van der Waals surface area contributed by atoms with Crippen molar-refractivity contribution in [2.75, 3.05) is 38.4 Å². The molecule has 7 heteroatoms. The van der Waals surface area contributed by atoms with Gasteiger partial charge in [0, 0.05) is 5.33 Å². The molecule has 0 aromatic heterocycles. The van der Waals surface area contributed by atoms with Gasteiger partial charge in [0.25, 0.3) is 5.09 Å². The molecule has 0 aliphatic rings. The number of nitrogens with zero attached hydrogens (tertiary/aromatic N) is 1. The Balaban J connectivity index is 2.87. The second-order valence-electron chi connectivity index (χ2n) is 1.97. The molecule has 0 bridgehead atoms. The predicted molar refractivity (Wildman–Crippen MR) is 48.4 cm³/mol. The Morgan fingerprint density at radius 3 is 2.15 bits per heavy atom. The minimum atomic E-state index is -0.843. The van der Waals surface area contributed by atoms with E-state index in [0.29, 0.717) is 19.8 Å². The number of halogens is 1. The Hall–Kier alpha value is -0.400. The van der Waals surface area contributed by atoms with Gasteiger partial charge in [0.15, 0.2) is 0 Å². The minimum absolute atomic E-state index is 0.0363. The molecule has 0 fully saturated rings. The molecular weight excluding hydrogens is 246 g/mol. The lowest BCUT2D eigenvalue weighted by Crippen LogP contribution is -2.12. The van der Waals surface area contributed by atoms with Crippen LogP contribution in [0.25, 0.3) is 0 Å². The van der Waals surface area contributed by atoms with E-state index in [1.165, 1.54) is 0 Å². The molecule has 6 nitrogen and oxygen atoms in total. The van der Waals surface area contributed by atoms with E-state index in [1.54, 1.807) is 0 Å². The van der Waals surface area contributed by atoms with Crippen molar-refractivity contribution in [3.63, 3.8) is 0 Å². The molecule has 0 spiro atoms. The summed E-state index contributed by atoms with van der Waals surface area (Å²) in [5.41, 5.74) is 0. The average molecular weight is 258 g/mol. The highest BCUT2D eigenvalue weighted by Crippen LogP contribution is 1.83. The molecule has 0 aliphatic carbocycles. The van der Waals surface area contributed by atoms with Gasteiger partial charge in [0.1, 0.15) is 6.61 Å². The molecule has 0 unspecified atom stereocenters. The molecule has 13 heavy (non-hydrogen) atoms. The fourth-order valence-electron chi connectivity index (χ4n) is 0.547. The molecule has 0 saturated carbocycles. The molecule has 0 aromatic carbocycles. The van der Waals surface area contributed by atoms with E-state index in [0.717, 1.165) is 5.33 Å². The van der Waals surface area contributed by atoms with Crippen LogP contribution in [-0.2, 0) is 14.3 Å². The summed E-state index contributed by atoms with van der Waals surface area (Å²) in [6.07, 6.45) is 0. The van der Waals surface area contributed by atoms with Gasteiger partial charge in [-0.05, 0) is 0 Å². The van der Waals surface area contributed by atoms with E-state index in [9.17, 15) is 10.1 Å². The Morgan fingerprint density at radius 2 is 1.62 bits per heavy atom. The predicted octanol–water partition coefficient (Wildman–Crippen LogP) is 0.623. The van der Waals surface area contributed by atoms with E-state index in [1.807, 2.05) is 0 Å². The van der Waals surface area contributed by atoms with Gasteiger partial charge in [0.2, 0.25) is 0 Å². The molecule has 0 N–H and O–H groups in total. The maximum Gasteiger partial charge on any atom is 0.294 e. The third-order valence-corrected chi connectivity index (χ3v) is 1.34. The van der Waals surface area contributed by atoms with Crippen LogP contribution in [0.3, 0.4) is 0 Å². The molecule has 0 atom stereocenters. The maximum absolute atomic E-state index is 9.67. The van der Waals surface area contributed by atoms with Gasteiger partial charge in [0.05, 0.1) is 26.4 Å². The Morgan fingerprint density at radius 1 is 1.08 bits per heavy atom. The highest BCUT2D eigenvalue weighted by Gasteiger charge is 1.94. The van der Waals surface area contributed by atoms with Crippen molar-refractivity contribution in [2.24, 2.45) is 0 Å². The maximum atomic E-state index is 9.67. The summed E-state index contributed by atoms with van der Waals surface area (Å²) < 4.78 is 10.0. The highest BCUT2D eigenvalue weighted by molar-refractivity contribution is 9.09. The van der Waals surface area contributed by atoms with Gasteiger partial charge in [-0.2, -0.15) is 0 Å². The molecule has 0 saturated heterocycles. The fourth-order valence-corrected chi connectivity index (χ4v) is 0.776. The second-order valence-corrected chi connectivity index (χ2v) is 2.76. The van der Waals surface area contributed by atoms with Crippen LogP contribution in [-0.4, -0.2) is 43.5 Å². The number of hydrogen-bond acceptors (Lipinski definition) is 5. The van der Waals surface area contributed by atoms with Gasteiger partial charge in [-0.3, -0.25) is 0 Å². The van der Waals surface area contributed by atoms with Crippen molar-refractivity contribution in [2.45, 2.75) is 0 Å². The zero-order valence-corrected chi connectivity index (χ0v) is 8.70. The molecule has 0 heterocycles. The van der Waals surface area contributed by atoms with Crippen LogP contribution in [0.1, 0.15) is 0 Å². The fraction of sp³-hybridized carbons (Fsp3) is 1.00. The highest BCUT2D eigenvalue weighted by atomic mass is 79.9. The van der Waals surface area contributed by atoms with Crippen LogP contribution in [0.15, 0.2) is 0 Å². The zero-order chi connectivity index (χ0) is 9.94. The summed E-state index contributed by atoms with van der Waals surface area (Å²) in [4.78, 5) is 13.7. The Labute approximate surface area is 84.4 Å². The third kappa shape index (κ3) is 11.6. The molecular formula is C6H12BrNO5. The van der Waals surface area contributed by atoms with E-state index in [-0.39, 0.29) is 13.2 Å². The molecule has 0 aromatic rings. The first-order valence-corrected chi connectivity index (χ1v) is 4.88. The van der Waals surface area contributed by atoms with Crippen molar-refractivity contribution in [3.8, 4) is 0 Å². The summed E-state index contributed by atoms with van der Waals surface area (Å²) in [7, 11) is 0. The lowest BCUT2D eigenvalue weighted by atomic mass is 10.7. The van der Waals surface area contributed by atoms with Crippen LogP contribution >= 0.6 is 15.9 Å². The normalized spacial score (nSPS) is 9.92. The van der Waals surface area contributed by atoms with E-state index in [2.05, 4.69) is 20.8 Å². The van der Waals surface area contributed by atoms with Crippen LogP contribution in [0.5, 0.6) is 0 Å². The molecule has 0 radical (unpaired) electrons. The number of rotatable bonds is 9. The van der Waals surface area contributed by atoms with Gasteiger partial charge in [-0.15, -0.1) is 10.1 Å². The van der Waals surface area contributed by atoms with Crippen molar-refractivity contribution >= 4 is 15.9 Å².